The Morgan fingerprint density at radius 2 is 2.03 bits per heavy atom. The van der Waals surface area contributed by atoms with Crippen molar-refractivity contribution < 1.29 is 24.4 Å². The van der Waals surface area contributed by atoms with E-state index in [4.69, 9.17) is 24.9 Å². The minimum absolute atomic E-state index is 0.0548. The van der Waals surface area contributed by atoms with Crippen LogP contribution in [-0.4, -0.2) is 39.4 Å². The molecule has 2 atom stereocenters. The Kier molecular flexibility index (Phi) is 4.16. The van der Waals surface area contributed by atoms with Crippen LogP contribution in [0.2, 0.25) is 0 Å². The predicted octanol–water partition coefficient (Wildman–Crippen LogP) is 1.10. The van der Waals surface area contributed by atoms with Gasteiger partial charge >= 0.3 is 0 Å². The number of nitrogens with zero attached hydrogens (tertiary/aromatic N) is 2. The minimum Gasteiger partial charge on any atom is -0.454 e. The van der Waals surface area contributed by atoms with Gasteiger partial charge in [0.25, 0.3) is 5.56 Å². The van der Waals surface area contributed by atoms with E-state index in [0.717, 1.165) is 22.0 Å². The summed E-state index contributed by atoms with van der Waals surface area (Å²) in [5, 5.41) is 22.4. The van der Waals surface area contributed by atoms with Crippen LogP contribution in [0.15, 0.2) is 23.0 Å². The molecule has 32 heavy (non-hydrogen) atoms. The van der Waals surface area contributed by atoms with Crippen molar-refractivity contribution in [2.75, 3.05) is 13.3 Å². The first-order chi connectivity index (χ1) is 15.5. The molecule has 0 saturated carbocycles. The van der Waals surface area contributed by atoms with Crippen LogP contribution in [0.4, 0.5) is 0 Å². The highest BCUT2D eigenvalue weighted by atomic mass is 16.7. The van der Waals surface area contributed by atoms with Crippen LogP contribution in [0.5, 0.6) is 11.5 Å². The van der Waals surface area contributed by atoms with E-state index in [-0.39, 0.29) is 25.4 Å². The van der Waals surface area contributed by atoms with Crippen molar-refractivity contribution in [3.05, 3.63) is 50.8 Å². The van der Waals surface area contributed by atoms with Gasteiger partial charge < -0.3 is 34.7 Å². The fourth-order valence-electron chi connectivity index (χ4n) is 5.10. The van der Waals surface area contributed by atoms with Gasteiger partial charge in [-0.1, -0.05) is 6.92 Å². The number of hydrogen-bond acceptors (Lipinski definition) is 8. The third kappa shape index (κ3) is 2.47. The normalized spacial score (nSPS) is 22.7. The Hall–Kier alpha value is -2.98. The molecule has 2 aromatic heterocycles. The van der Waals surface area contributed by atoms with Crippen molar-refractivity contribution in [3.8, 4) is 22.9 Å². The molecule has 4 N–H and O–H groups in total. The van der Waals surface area contributed by atoms with Gasteiger partial charge in [0, 0.05) is 28.1 Å². The molecule has 1 aromatic carbocycles. The molecule has 3 aliphatic rings. The number of rotatable bonds is 3. The number of fused-ring (bicyclic) bond motifs is 6. The van der Waals surface area contributed by atoms with Crippen LogP contribution in [0, 0.1) is 0 Å². The Labute approximate surface area is 183 Å². The third-order valence-corrected chi connectivity index (χ3v) is 6.85. The number of aliphatic hydroxyl groups is 2. The highest BCUT2D eigenvalue weighted by Gasteiger charge is 2.44. The standard InChI is InChI=1S/C23H23N3O6/c1-2-23(29)15-6-17-20-13(8-26(17)21(27)14(15)9-30-22(23)28)11(3-4-24)12-5-18-19(32-10-31-18)7-16(12)25-20/h5-7,22,28-29H,2-4,8-10,24H2,1H3/t22?,23-/m0/s1. The van der Waals surface area contributed by atoms with Crippen molar-refractivity contribution >= 4 is 10.9 Å². The summed E-state index contributed by atoms with van der Waals surface area (Å²) in [7, 11) is 0. The first-order valence-electron chi connectivity index (χ1n) is 10.7. The summed E-state index contributed by atoms with van der Waals surface area (Å²) in [5.74, 6) is 1.30. The molecule has 3 aromatic rings. The second-order valence-electron chi connectivity index (χ2n) is 8.43. The van der Waals surface area contributed by atoms with Crippen LogP contribution in [0.1, 0.15) is 35.6 Å². The van der Waals surface area contributed by atoms with Crippen LogP contribution in [0.25, 0.3) is 22.3 Å². The summed E-state index contributed by atoms with van der Waals surface area (Å²) >= 11 is 0. The van der Waals surface area contributed by atoms with Crippen LogP contribution in [-0.2, 0) is 29.9 Å². The molecule has 3 aliphatic heterocycles. The van der Waals surface area contributed by atoms with Crippen molar-refractivity contribution in [1.82, 2.24) is 9.55 Å². The molecule has 1 unspecified atom stereocenters. The van der Waals surface area contributed by atoms with Crippen LogP contribution in [0.3, 0.4) is 0 Å². The molecule has 0 saturated heterocycles. The summed E-state index contributed by atoms with van der Waals surface area (Å²) in [6.07, 6.45) is -0.589. The molecule has 0 fully saturated rings. The maximum atomic E-state index is 13.4. The molecule has 166 valence electrons. The number of pyridine rings is 2. The minimum atomic E-state index is -1.66. The van der Waals surface area contributed by atoms with Gasteiger partial charge in [-0.2, -0.15) is 0 Å². The first kappa shape index (κ1) is 19.7. The quantitative estimate of drug-likeness (QED) is 0.435. The molecule has 6 rings (SSSR count). The predicted molar refractivity (Wildman–Crippen MR) is 114 cm³/mol. The molecular formula is C23H23N3O6. The number of benzene rings is 1. The van der Waals surface area contributed by atoms with Gasteiger partial charge in [-0.05, 0) is 37.1 Å². The lowest BCUT2D eigenvalue weighted by Gasteiger charge is -2.37. The van der Waals surface area contributed by atoms with Gasteiger partial charge in [0.15, 0.2) is 17.8 Å². The zero-order valence-corrected chi connectivity index (χ0v) is 17.6. The summed E-state index contributed by atoms with van der Waals surface area (Å²) in [6.45, 7) is 2.66. The van der Waals surface area contributed by atoms with Gasteiger partial charge in [0.05, 0.1) is 30.1 Å². The van der Waals surface area contributed by atoms with Gasteiger partial charge in [0.2, 0.25) is 6.79 Å². The van der Waals surface area contributed by atoms with E-state index >= 15 is 0 Å². The lowest BCUT2D eigenvalue weighted by molar-refractivity contribution is -0.236. The third-order valence-electron chi connectivity index (χ3n) is 6.85. The van der Waals surface area contributed by atoms with E-state index in [1.807, 2.05) is 12.1 Å². The topological polar surface area (TPSA) is 129 Å². The number of ether oxygens (including phenoxy) is 3. The van der Waals surface area contributed by atoms with Crippen molar-refractivity contribution in [2.24, 2.45) is 5.73 Å². The molecular weight excluding hydrogens is 414 g/mol. The maximum Gasteiger partial charge on any atom is 0.257 e. The van der Waals surface area contributed by atoms with E-state index in [1.165, 1.54) is 0 Å². The Bertz CT molecular complexity index is 1350. The molecule has 9 nitrogen and oxygen atoms in total. The number of nitrogens with two attached hydrogens (primary N) is 1. The van der Waals surface area contributed by atoms with E-state index in [9.17, 15) is 15.0 Å². The van der Waals surface area contributed by atoms with Gasteiger partial charge in [-0.15, -0.1) is 0 Å². The van der Waals surface area contributed by atoms with E-state index in [2.05, 4.69) is 0 Å². The number of aliphatic hydroxyl groups excluding tert-OH is 1. The average Bonchev–Trinajstić information content (AvgIpc) is 3.40. The number of aromatic nitrogens is 2. The Balaban J connectivity index is 1.64. The number of hydrogen-bond donors (Lipinski definition) is 3. The molecule has 0 bridgehead atoms. The highest BCUT2D eigenvalue weighted by molar-refractivity contribution is 5.90. The van der Waals surface area contributed by atoms with Crippen molar-refractivity contribution in [3.63, 3.8) is 0 Å². The van der Waals surface area contributed by atoms with Gasteiger partial charge in [-0.25, -0.2) is 4.98 Å². The van der Waals surface area contributed by atoms with Crippen LogP contribution >= 0.6 is 0 Å². The lowest BCUT2D eigenvalue weighted by Crippen LogP contribution is -2.47. The molecule has 0 radical (unpaired) electrons. The van der Waals surface area contributed by atoms with Gasteiger partial charge in [0.1, 0.15) is 5.60 Å². The second kappa shape index (κ2) is 6.76. The lowest BCUT2D eigenvalue weighted by atomic mass is 9.85. The monoisotopic (exact) mass is 437 g/mol. The summed E-state index contributed by atoms with van der Waals surface area (Å²) in [5.41, 5.74) is 8.77. The Morgan fingerprint density at radius 1 is 1.25 bits per heavy atom. The van der Waals surface area contributed by atoms with Crippen molar-refractivity contribution in [1.29, 1.82) is 0 Å². The molecule has 0 spiro atoms. The highest BCUT2D eigenvalue weighted by Crippen LogP contribution is 2.43. The summed E-state index contributed by atoms with van der Waals surface area (Å²) < 4.78 is 18.1. The fourth-order valence-corrected chi connectivity index (χ4v) is 5.10. The molecule has 5 heterocycles. The zero-order chi connectivity index (χ0) is 22.2. The summed E-state index contributed by atoms with van der Waals surface area (Å²) in [4.78, 5) is 18.3. The van der Waals surface area contributed by atoms with Crippen molar-refractivity contribution in [2.45, 2.75) is 44.8 Å². The molecule has 9 heteroatoms. The Morgan fingerprint density at radius 3 is 2.78 bits per heavy atom. The first-order valence-corrected chi connectivity index (χ1v) is 10.7. The van der Waals surface area contributed by atoms with E-state index < -0.39 is 11.9 Å². The summed E-state index contributed by atoms with van der Waals surface area (Å²) in [6, 6.07) is 5.54. The molecule has 0 aliphatic carbocycles. The fraction of sp³-hybridized carbons (Fsp3) is 0.391. The molecule has 0 amide bonds. The zero-order valence-electron chi connectivity index (χ0n) is 17.6. The maximum absolute atomic E-state index is 13.4. The second-order valence-corrected chi connectivity index (χ2v) is 8.43. The van der Waals surface area contributed by atoms with Crippen LogP contribution < -0.4 is 20.8 Å². The largest absolute Gasteiger partial charge is 0.454 e. The van der Waals surface area contributed by atoms with E-state index in [1.54, 1.807) is 17.6 Å². The SMILES string of the molecule is CC[C@]1(O)c2cc3n(c(=O)c2COC1O)Cc1c-3nc2cc3c(cc2c1CCN)OCO3. The average molecular weight is 437 g/mol. The van der Waals surface area contributed by atoms with Gasteiger partial charge in [-0.3, -0.25) is 4.79 Å². The smallest absolute Gasteiger partial charge is 0.257 e. The van der Waals surface area contributed by atoms with E-state index in [0.29, 0.717) is 53.5 Å².